The second kappa shape index (κ2) is 6.04. The van der Waals surface area contributed by atoms with Gasteiger partial charge in [-0.05, 0) is 36.8 Å². The lowest BCUT2D eigenvalue weighted by Gasteiger charge is -2.10. The maximum Gasteiger partial charge on any atom is 0.387 e. The summed E-state index contributed by atoms with van der Waals surface area (Å²) >= 11 is 0. The zero-order valence-electron chi connectivity index (χ0n) is 12.2. The van der Waals surface area contributed by atoms with Crippen molar-refractivity contribution in [2.75, 3.05) is 5.32 Å². The number of imidazole rings is 1. The normalized spacial score (nSPS) is 11.0. The molecule has 0 aliphatic carbocycles. The predicted molar refractivity (Wildman–Crippen MR) is 81.0 cm³/mol. The zero-order valence-corrected chi connectivity index (χ0v) is 12.2. The first-order chi connectivity index (χ1) is 11.0. The molecule has 3 rings (SSSR count). The van der Waals surface area contributed by atoms with E-state index < -0.39 is 12.5 Å². The van der Waals surface area contributed by atoms with Crippen molar-refractivity contribution in [2.24, 2.45) is 0 Å². The zero-order chi connectivity index (χ0) is 16.4. The van der Waals surface area contributed by atoms with E-state index in [2.05, 4.69) is 15.0 Å². The van der Waals surface area contributed by atoms with Gasteiger partial charge in [0.05, 0.1) is 5.69 Å². The number of aromatic nitrogens is 2. The Morgan fingerprint density at radius 1 is 1.30 bits per heavy atom. The van der Waals surface area contributed by atoms with Gasteiger partial charge in [-0.3, -0.25) is 4.79 Å². The number of pyridine rings is 1. The Morgan fingerprint density at radius 2 is 2.09 bits per heavy atom. The number of rotatable bonds is 4. The molecule has 0 spiro atoms. The number of benzene rings is 1. The van der Waals surface area contributed by atoms with Crippen LogP contribution in [0.4, 0.5) is 14.5 Å². The molecule has 0 saturated carbocycles. The van der Waals surface area contributed by atoms with Crippen LogP contribution in [0, 0.1) is 6.92 Å². The summed E-state index contributed by atoms with van der Waals surface area (Å²) in [5.41, 5.74) is 1.99. The molecule has 118 valence electrons. The van der Waals surface area contributed by atoms with Crippen LogP contribution in [0.3, 0.4) is 0 Å². The van der Waals surface area contributed by atoms with Crippen molar-refractivity contribution in [3.8, 4) is 5.75 Å². The number of aryl methyl sites for hydroxylation is 1. The van der Waals surface area contributed by atoms with Crippen LogP contribution in [0.25, 0.3) is 5.65 Å². The van der Waals surface area contributed by atoms with Crippen LogP contribution in [-0.4, -0.2) is 21.9 Å². The average Bonchev–Trinajstić information content (AvgIpc) is 2.92. The summed E-state index contributed by atoms with van der Waals surface area (Å²) in [6.07, 6.45) is 3.36. The maximum absolute atomic E-state index is 12.4. The van der Waals surface area contributed by atoms with Crippen LogP contribution in [-0.2, 0) is 0 Å². The van der Waals surface area contributed by atoms with E-state index >= 15 is 0 Å². The van der Waals surface area contributed by atoms with Crippen molar-refractivity contribution in [3.05, 3.63) is 60.0 Å². The summed E-state index contributed by atoms with van der Waals surface area (Å²) in [5.74, 6) is -0.605. The van der Waals surface area contributed by atoms with Crippen LogP contribution in [0.15, 0.2) is 48.8 Å². The first-order valence-corrected chi connectivity index (χ1v) is 6.83. The van der Waals surface area contributed by atoms with Crippen molar-refractivity contribution in [2.45, 2.75) is 13.5 Å². The molecule has 0 saturated heterocycles. The number of anilines is 1. The third-order valence-electron chi connectivity index (χ3n) is 3.20. The third kappa shape index (κ3) is 3.28. The highest BCUT2D eigenvalue weighted by Gasteiger charge is 2.15. The molecule has 0 aliphatic heterocycles. The molecule has 1 N–H and O–H groups in total. The number of nitrogens with zero attached hydrogens (tertiary/aromatic N) is 2. The number of hydrogen-bond donors (Lipinski definition) is 1. The van der Waals surface area contributed by atoms with Gasteiger partial charge < -0.3 is 14.5 Å². The summed E-state index contributed by atoms with van der Waals surface area (Å²) in [6.45, 7) is -1.04. The Morgan fingerprint density at radius 3 is 2.87 bits per heavy atom. The third-order valence-corrected chi connectivity index (χ3v) is 3.20. The highest BCUT2D eigenvalue weighted by molar-refractivity contribution is 6.04. The molecule has 2 heterocycles. The van der Waals surface area contributed by atoms with E-state index in [1.54, 1.807) is 28.9 Å². The second-order valence-corrected chi connectivity index (χ2v) is 4.92. The van der Waals surface area contributed by atoms with E-state index in [4.69, 9.17) is 0 Å². The van der Waals surface area contributed by atoms with Crippen molar-refractivity contribution in [3.63, 3.8) is 0 Å². The molecule has 0 atom stereocenters. The first-order valence-electron chi connectivity index (χ1n) is 6.83. The molecule has 2 aromatic heterocycles. The molecule has 0 aliphatic rings. The van der Waals surface area contributed by atoms with Crippen LogP contribution in [0.2, 0.25) is 0 Å². The molecule has 23 heavy (non-hydrogen) atoms. The quantitative estimate of drug-likeness (QED) is 0.801. The topological polar surface area (TPSA) is 55.6 Å². The molecular formula is C16H13F2N3O2. The van der Waals surface area contributed by atoms with Gasteiger partial charge in [-0.1, -0.05) is 12.1 Å². The number of alkyl halides is 2. The molecule has 1 amide bonds. The molecule has 0 radical (unpaired) electrons. The van der Waals surface area contributed by atoms with Crippen LogP contribution < -0.4 is 10.1 Å². The minimum atomic E-state index is -2.97. The lowest BCUT2D eigenvalue weighted by molar-refractivity contribution is -0.0493. The van der Waals surface area contributed by atoms with Gasteiger partial charge in [-0.15, -0.1) is 0 Å². The average molecular weight is 317 g/mol. The number of carbonyl (C=O) groups is 1. The lowest BCUT2D eigenvalue weighted by atomic mass is 10.3. The minimum absolute atomic E-state index is 0.101. The number of hydrogen-bond acceptors (Lipinski definition) is 3. The molecule has 7 heteroatoms. The molecule has 0 unspecified atom stereocenters. The fourth-order valence-electron chi connectivity index (χ4n) is 2.15. The Labute approximate surface area is 130 Å². The summed E-state index contributed by atoms with van der Waals surface area (Å²) in [4.78, 5) is 16.5. The Kier molecular flexibility index (Phi) is 3.92. The number of halogens is 2. The second-order valence-electron chi connectivity index (χ2n) is 4.92. The SMILES string of the molecule is Cc1ccn2cc(C(=O)Nc3ccccc3OC(F)F)nc2c1. The smallest absolute Gasteiger partial charge is 0.387 e. The molecule has 5 nitrogen and oxygen atoms in total. The Bertz CT molecular complexity index is 861. The van der Waals surface area contributed by atoms with Gasteiger partial charge in [-0.25, -0.2) is 4.98 Å². The van der Waals surface area contributed by atoms with Crippen molar-refractivity contribution in [1.29, 1.82) is 0 Å². The van der Waals surface area contributed by atoms with Crippen molar-refractivity contribution < 1.29 is 18.3 Å². The van der Waals surface area contributed by atoms with E-state index in [0.717, 1.165) is 5.56 Å². The van der Waals surface area contributed by atoms with Crippen LogP contribution in [0.5, 0.6) is 5.75 Å². The molecule has 0 bridgehead atoms. The number of nitrogens with one attached hydrogen (secondary N) is 1. The van der Waals surface area contributed by atoms with E-state index in [-0.39, 0.29) is 17.1 Å². The van der Waals surface area contributed by atoms with E-state index in [1.807, 2.05) is 19.1 Å². The number of fused-ring (bicyclic) bond motifs is 1. The number of ether oxygens (including phenoxy) is 1. The minimum Gasteiger partial charge on any atom is -0.433 e. The van der Waals surface area contributed by atoms with Gasteiger partial charge >= 0.3 is 6.61 Å². The summed E-state index contributed by atoms with van der Waals surface area (Å²) in [6, 6.07) is 9.72. The number of carbonyl (C=O) groups excluding carboxylic acids is 1. The predicted octanol–water partition coefficient (Wildman–Crippen LogP) is 3.50. The van der Waals surface area contributed by atoms with Crippen molar-refractivity contribution >= 4 is 17.2 Å². The largest absolute Gasteiger partial charge is 0.433 e. The van der Waals surface area contributed by atoms with Gasteiger partial charge in [0, 0.05) is 12.4 Å². The van der Waals surface area contributed by atoms with Gasteiger partial charge in [0.25, 0.3) is 5.91 Å². The fourth-order valence-corrected chi connectivity index (χ4v) is 2.15. The van der Waals surface area contributed by atoms with E-state index in [0.29, 0.717) is 5.65 Å². The molecule has 1 aromatic carbocycles. The van der Waals surface area contributed by atoms with Crippen LogP contribution in [0.1, 0.15) is 16.1 Å². The van der Waals surface area contributed by atoms with E-state index in [9.17, 15) is 13.6 Å². The lowest BCUT2D eigenvalue weighted by Crippen LogP contribution is -2.14. The number of amides is 1. The Hall–Kier alpha value is -2.96. The van der Waals surface area contributed by atoms with Gasteiger partial charge in [0.15, 0.2) is 0 Å². The standard InChI is InChI=1S/C16H13F2N3O2/c1-10-6-7-21-9-12(19-14(21)8-10)15(22)20-11-4-2-3-5-13(11)23-16(17)18/h2-9,16H,1H3,(H,20,22). The van der Waals surface area contributed by atoms with Gasteiger partial charge in [0.1, 0.15) is 17.1 Å². The fraction of sp³-hybridized carbons (Fsp3) is 0.125. The maximum atomic E-state index is 12.4. The number of para-hydroxylation sites is 2. The van der Waals surface area contributed by atoms with Crippen molar-refractivity contribution in [1.82, 2.24) is 9.38 Å². The summed E-state index contributed by atoms with van der Waals surface area (Å²) < 4.78 is 30.9. The van der Waals surface area contributed by atoms with E-state index in [1.165, 1.54) is 12.1 Å². The first kappa shape index (κ1) is 15.0. The highest BCUT2D eigenvalue weighted by Crippen LogP contribution is 2.26. The van der Waals surface area contributed by atoms with Crippen LogP contribution >= 0.6 is 0 Å². The van der Waals surface area contributed by atoms with Gasteiger partial charge in [0.2, 0.25) is 0 Å². The highest BCUT2D eigenvalue weighted by atomic mass is 19.3. The summed E-state index contributed by atoms with van der Waals surface area (Å²) in [7, 11) is 0. The monoisotopic (exact) mass is 317 g/mol. The molecule has 0 fully saturated rings. The Balaban J connectivity index is 1.86. The summed E-state index contributed by atoms with van der Waals surface area (Å²) in [5, 5.41) is 2.53. The van der Waals surface area contributed by atoms with Gasteiger partial charge in [-0.2, -0.15) is 8.78 Å². The molecule has 3 aromatic rings. The molecular weight excluding hydrogens is 304 g/mol.